The van der Waals surface area contributed by atoms with E-state index in [0.717, 1.165) is 18.7 Å². The maximum atomic E-state index is 10.9. The molecule has 21 heavy (non-hydrogen) atoms. The fourth-order valence-corrected chi connectivity index (χ4v) is 2.32. The number of benzene rings is 2. The molecule has 0 aliphatic rings. The number of rotatable bonds is 6. The third kappa shape index (κ3) is 4.03. The van der Waals surface area contributed by atoms with E-state index in [4.69, 9.17) is 4.74 Å². The van der Waals surface area contributed by atoms with Crippen LogP contribution in [0.25, 0.3) is 0 Å². The van der Waals surface area contributed by atoms with Gasteiger partial charge in [0.05, 0.1) is 4.92 Å². The minimum atomic E-state index is -0.446. The second-order valence-electron chi connectivity index (χ2n) is 4.38. The monoisotopic (exact) mass is 350 g/mol. The number of halogens is 1. The standard InChI is InChI=1S/C15H15BrN2O3/c1-2-17-10-11-5-3-6-12(9-11)21-14-8-4-7-13(15(14)16)18(19)20/h3-9,17H,2,10H2,1H3. The Morgan fingerprint density at radius 1 is 1.29 bits per heavy atom. The molecule has 0 unspecified atom stereocenters. The molecule has 0 aliphatic heterocycles. The van der Waals surface area contributed by atoms with Crippen LogP contribution in [0.2, 0.25) is 0 Å². The van der Waals surface area contributed by atoms with Gasteiger partial charge in [0.15, 0.2) is 0 Å². The van der Waals surface area contributed by atoms with Crippen LogP contribution in [0.4, 0.5) is 5.69 Å². The van der Waals surface area contributed by atoms with Crippen molar-refractivity contribution in [2.75, 3.05) is 6.54 Å². The fourth-order valence-electron chi connectivity index (χ4n) is 1.83. The van der Waals surface area contributed by atoms with Crippen LogP contribution >= 0.6 is 15.9 Å². The van der Waals surface area contributed by atoms with E-state index in [-0.39, 0.29) is 5.69 Å². The molecule has 0 spiro atoms. The second kappa shape index (κ2) is 7.19. The van der Waals surface area contributed by atoms with Crippen molar-refractivity contribution < 1.29 is 9.66 Å². The van der Waals surface area contributed by atoms with Crippen molar-refractivity contribution in [3.63, 3.8) is 0 Å². The van der Waals surface area contributed by atoms with Crippen molar-refractivity contribution in [2.24, 2.45) is 0 Å². The van der Waals surface area contributed by atoms with E-state index in [1.165, 1.54) is 6.07 Å². The summed E-state index contributed by atoms with van der Waals surface area (Å²) in [5, 5.41) is 14.1. The minimum absolute atomic E-state index is 0.0173. The van der Waals surface area contributed by atoms with Gasteiger partial charge in [-0.3, -0.25) is 10.1 Å². The lowest BCUT2D eigenvalue weighted by Gasteiger charge is -2.09. The number of nitrogens with one attached hydrogen (secondary N) is 1. The third-order valence-electron chi connectivity index (χ3n) is 2.84. The Hall–Kier alpha value is -1.92. The number of ether oxygens (including phenoxy) is 1. The van der Waals surface area contributed by atoms with E-state index in [0.29, 0.717) is 16.0 Å². The molecule has 1 N–H and O–H groups in total. The first-order valence-corrected chi connectivity index (χ1v) is 7.31. The molecule has 0 aromatic heterocycles. The molecular weight excluding hydrogens is 336 g/mol. The number of nitrogens with zero attached hydrogens (tertiary/aromatic N) is 1. The molecule has 6 heteroatoms. The number of nitro benzene ring substituents is 1. The Morgan fingerprint density at radius 2 is 2.05 bits per heavy atom. The predicted octanol–water partition coefficient (Wildman–Crippen LogP) is 4.26. The van der Waals surface area contributed by atoms with Crippen LogP contribution in [0.1, 0.15) is 12.5 Å². The highest BCUT2D eigenvalue weighted by atomic mass is 79.9. The van der Waals surface area contributed by atoms with Gasteiger partial charge in [0.1, 0.15) is 16.0 Å². The summed E-state index contributed by atoms with van der Waals surface area (Å²) in [7, 11) is 0. The highest BCUT2D eigenvalue weighted by Gasteiger charge is 2.16. The van der Waals surface area contributed by atoms with Crippen molar-refractivity contribution in [1.82, 2.24) is 5.32 Å². The van der Waals surface area contributed by atoms with Gasteiger partial charge < -0.3 is 10.1 Å². The first-order chi connectivity index (χ1) is 10.1. The molecule has 0 saturated carbocycles. The molecule has 0 aliphatic carbocycles. The topological polar surface area (TPSA) is 64.4 Å². The summed E-state index contributed by atoms with van der Waals surface area (Å²) < 4.78 is 6.08. The van der Waals surface area contributed by atoms with Gasteiger partial charge in [-0.1, -0.05) is 25.1 Å². The normalized spacial score (nSPS) is 10.4. The Labute approximate surface area is 131 Å². The van der Waals surface area contributed by atoms with Crippen LogP contribution in [0.3, 0.4) is 0 Å². The molecule has 2 aromatic carbocycles. The van der Waals surface area contributed by atoms with Gasteiger partial charge in [-0.15, -0.1) is 0 Å². The number of nitro groups is 1. The Balaban J connectivity index is 2.22. The Morgan fingerprint density at radius 3 is 2.76 bits per heavy atom. The molecule has 5 nitrogen and oxygen atoms in total. The minimum Gasteiger partial charge on any atom is -0.456 e. The first kappa shape index (κ1) is 15.5. The van der Waals surface area contributed by atoms with E-state index in [1.807, 2.05) is 31.2 Å². The van der Waals surface area contributed by atoms with Gasteiger partial charge in [0.2, 0.25) is 0 Å². The van der Waals surface area contributed by atoms with Gasteiger partial charge in [-0.2, -0.15) is 0 Å². The lowest BCUT2D eigenvalue weighted by molar-refractivity contribution is -0.385. The molecule has 0 radical (unpaired) electrons. The molecular formula is C15H15BrN2O3. The van der Waals surface area contributed by atoms with Crippen LogP contribution in [0.5, 0.6) is 11.5 Å². The molecule has 0 amide bonds. The van der Waals surface area contributed by atoms with Crippen molar-refractivity contribution in [3.05, 3.63) is 62.6 Å². The van der Waals surface area contributed by atoms with Crippen molar-refractivity contribution in [1.29, 1.82) is 0 Å². The van der Waals surface area contributed by atoms with Gasteiger partial charge in [-0.25, -0.2) is 0 Å². The quantitative estimate of drug-likeness (QED) is 0.624. The molecule has 0 bridgehead atoms. The zero-order valence-corrected chi connectivity index (χ0v) is 13.1. The Bertz CT molecular complexity index is 647. The van der Waals surface area contributed by atoms with E-state index in [2.05, 4.69) is 21.2 Å². The summed E-state index contributed by atoms with van der Waals surface area (Å²) in [4.78, 5) is 10.5. The molecule has 2 rings (SSSR count). The molecule has 0 atom stereocenters. The predicted molar refractivity (Wildman–Crippen MR) is 84.7 cm³/mol. The summed E-state index contributed by atoms with van der Waals surface area (Å²) in [6.07, 6.45) is 0. The third-order valence-corrected chi connectivity index (χ3v) is 3.64. The van der Waals surface area contributed by atoms with Crippen LogP contribution in [-0.4, -0.2) is 11.5 Å². The zero-order valence-electron chi connectivity index (χ0n) is 11.5. The van der Waals surface area contributed by atoms with E-state index >= 15 is 0 Å². The summed E-state index contributed by atoms with van der Waals surface area (Å²) in [6.45, 7) is 3.69. The maximum Gasteiger partial charge on any atom is 0.287 e. The highest BCUT2D eigenvalue weighted by molar-refractivity contribution is 9.10. The average Bonchev–Trinajstić information content (AvgIpc) is 2.47. The first-order valence-electron chi connectivity index (χ1n) is 6.52. The van der Waals surface area contributed by atoms with Crippen molar-refractivity contribution in [2.45, 2.75) is 13.5 Å². The lowest BCUT2D eigenvalue weighted by Crippen LogP contribution is -2.11. The maximum absolute atomic E-state index is 10.9. The lowest BCUT2D eigenvalue weighted by atomic mass is 10.2. The smallest absolute Gasteiger partial charge is 0.287 e. The van der Waals surface area contributed by atoms with Crippen LogP contribution < -0.4 is 10.1 Å². The molecule has 0 fully saturated rings. The number of hydrogen-bond acceptors (Lipinski definition) is 4. The zero-order chi connectivity index (χ0) is 15.2. The summed E-state index contributed by atoms with van der Waals surface area (Å²) >= 11 is 3.22. The molecule has 110 valence electrons. The van der Waals surface area contributed by atoms with Crippen molar-refractivity contribution >= 4 is 21.6 Å². The van der Waals surface area contributed by atoms with Gasteiger partial charge in [-0.05, 0) is 46.2 Å². The van der Waals surface area contributed by atoms with Crippen molar-refractivity contribution in [3.8, 4) is 11.5 Å². The fraction of sp³-hybridized carbons (Fsp3) is 0.200. The Kier molecular flexibility index (Phi) is 5.30. The van der Waals surface area contributed by atoms with E-state index in [9.17, 15) is 10.1 Å². The SMILES string of the molecule is CCNCc1cccc(Oc2cccc([N+](=O)[O-])c2Br)c1. The largest absolute Gasteiger partial charge is 0.456 e. The molecule has 2 aromatic rings. The van der Waals surface area contributed by atoms with Gasteiger partial charge in [0, 0.05) is 12.6 Å². The van der Waals surface area contributed by atoms with Crippen LogP contribution in [-0.2, 0) is 6.54 Å². The van der Waals surface area contributed by atoms with E-state index < -0.39 is 4.92 Å². The molecule has 0 saturated heterocycles. The van der Waals surface area contributed by atoms with Crippen LogP contribution in [0, 0.1) is 10.1 Å². The molecule has 0 heterocycles. The van der Waals surface area contributed by atoms with Gasteiger partial charge in [0.25, 0.3) is 5.69 Å². The summed E-state index contributed by atoms with van der Waals surface area (Å²) in [5.74, 6) is 1.07. The van der Waals surface area contributed by atoms with Crippen LogP contribution in [0.15, 0.2) is 46.9 Å². The number of hydrogen-bond donors (Lipinski definition) is 1. The second-order valence-corrected chi connectivity index (χ2v) is 5.17. The highest BCUT2D eigenvalue weighted by Crippen LogP contribution is 2.36. The average molecular weight is 351 g/mol. The van der Waals surface area contributed by atoms with Gasteiger partial charge >= 0.3 is 0 Å². The van der Waals surface area contributed by atoms with E-state index in [1.54, 1.807) is 12.1 Å². The summed E-state index contributed by atoms with van der Waals surface area (Å²) in [6, 6.07) is 12.3. The summed E-state index contributed by atoms with van der Waals surface area (Å²) in [5.41, 5.74) is 1.08.